The monoisotopic (exact) mass is 339 g/mol. The molecular formula is C14H8BrClFNO. The smallest absolute Gasteiger partial charge is 0.130 e. The van der Waals surface area contributed by atoms with Crippen LogP contribution in [0.2, 0.25) is 5.02 Å². The van der Waals surface area contributed by atoms with Crippen LogP contribution < -0.4 is 4.74 Å². The summed E-state index contributed by atoms with van der Waals surface area (Å²) in [6.45, 7) is 0.0986. The fourth-order valence-electron chi connectivity index (χ4n) is 1.48. The van der Waals surface area contributed by atoms with E-state index in [4.69, 9.17) is 21.6 Å². The highest BCUT2D eigenvalue weighted by Crippen LogP contribution is 2.23. The fraction of sp³-hybridized carbons (Fsp3) is 0.0714. The molecular weight excluding hydrogens is 333 g/mol. The molecule has 2 nitrogen and oxygen atoms in total. The zero-order valence-corrected chi connectivity index (χ0v) is 12.0. The summed E-state index contributed by atoms with van der Waals surface area (Å²) in [4.78, 5) is 0. The Morgan fingerprint density at radius 3 is 2.68 bits per heavy atom. The van der Waals surface area contributed by atoms with Gasteiger partial charge in [0, 0.05) is 16.1 Å². The van der Waals surface area contributed by atoms with Crippen LogP contribution in [-0.2, 0) is 6.61 Å². The highest BCUT2D eigenvalue weighted by molar-refractivity contribution is 9.10. The van der Waals surface area contributed by atoms with Crippen LogP contribution in [0.15, 0.2) is 40.9 Å². The summed E-state index contributed by atoms with van der Waals surface area (Å²) in [6, 6.07) is 11.5. The van der Waals surface area contributed by atoms with Crippen molar-refractivity contribution in [1.82, 2.24) is 0 Å². The number of ether oxygens (including phenoxy) is 1. The van der Waals surface area contributed by atoms with Crippen molar-refractivity contribution in [3.05, 3.63) is 62.8 Å². The van der Waals surface area contributed by atoms with Gasteiger partial charge in [0.05, 0.1) is 10.6 Å². The Morgan fingerprint density at radius 2 is 2.05 bits per heavy atom. The molecule has 0 bridgehead atoms. The number of halogens is 3. The number of nitriles is 1. The maximum Gasteiger partial charge on any atom is 0.130 e. The summed E-state index contributed by atoms with van der Waals surface area (Å²) in [5, 5.41) is 9.07. The standard InChI is InChI=1S/C14H8BrClFNO/c15-11-3-1-10(14(17)5-11)8-19-12-4-2-9(7-18)13(16)6-12/h1-6H,8H2. The molecule has 5 heteroatoms. The Labute approximate surface area is 123 Å². The SMILES string of the molecule is N#Cc1ccc(OCc2ccc(Br)cc2F)cc1Cl. The second kappa shape index (κ2) is 6.05. The van der Waals surface area contributed by atoms with Crippen LogP contribution in [0.5, 0.6) is 5.75 Å². The molecule has 0 heterocycles. The van der Waals surface area contributed by atoms with Crippen molar-refractivity contribution in [2.24, 2.45) is 0 Å². The highest BCUT2D eigenvalue weighted by atomic mass is 79.9. The number of nitrogens with zero attached hydrogens (tertiary/aromatic N) is 1. The molecule has 0 aliphatic heterocycles. The number of rotatable bonds is 3. The first kappa shape index (κ1) is 13.9. The van der Waals surface area contributed by atoms with E-state index >= 15 is 0 Å². The predicted molar refractivity (Wildman–Crippen MR) is 74.6 cm³/mol. The van der Waals surface area contributed by atoms with Crippen molar-refractivity contribution in [2.75, 3.05) is 0 Å². The number of hydrogen-bond acceptors (Lipinski definition) is 2. The number of hydrogen-bond donors (Lipinski definition) is 0. The Morgan fingerprint density at radius 1 is 1.26 bits per heavy atom. The molecule has 0 saturated heterocycles. The van der Waals surface area contributed by atoms with E-state index in [0.29, 0.717) is 26.4 Å². The van der Waals surface area contributed by atoms with E-state index in [0.717, 1.165) is 0 Å². The second-order valence-corrected chi connectivity index (χ2v) is 5.10. The lowest BCUT2D eigenvalue weighted by Gasteiger charge is -2.08. The Kier molecular flexibility index (Phi) is 4.41. The lowest BCUT2D eigenvalue weighted by Crippen LogP contribution is -1.98. The third kappa shape index (κ3) is 3.46. The highest BCUT2D eigenvalue weighted by Gasteiger charge is 2.05. The van der Waals surface area contributed by atoms with Crippen LogP contribution in [0.25, 0.3) is 0 Å². The van der Waals surface area contributed by atoms with Crippen molar-refractivity contribution < 1.29 is 9.13 Å². The van der Waals surface area contributed by atoms with E-state index in [9.17, 15) is 4.39 Å². The summed E-state index contributed by atoms with van der Waals surface area (Å²) >= 11 is 9.07. The lowest BCUT2D eigenvalue weighted by molar-refractivity contribution is 0.300. The van der Waals surface area contributed by atoms with E-state index in [1.807, 2.05) is 6.07 Å². The predicted octanol–water partition coefficient (Wildman–Crippen LogP) is 4.69. The van der Waals surface area contributed by atoms with E-state index in [1.165, 1.54) is 12.1 Å². The Balaban J connectivity index is 2.10. The van der Waals surface area contributed by atoms with Crippen molar-refractivity contribution in [3.63, 3.8) is 0 Å². The topological polar surface area (TPSA) is 33.0 Å². The van der Waals surface area contributed by atoms with Crippen LogP contribution in [0.1, 0.15) is 11.1 Å². The molecule has 0 aromatic heterocycles. The minimum absolute atomic E-state index is 0.0986. The molecule has 0 amide bonds. The van der Waals surface area contributed by atoms with Crippen LogP contribution in [0.4, 0.5) is 4.39 Å². The molecule has 2 aromatic rings. The fourth-order valence-corrected chi connectivity index (χ4v) is 2.02. The number of benzene rings is 2. The normalized spacial score (nSPS) is 10.0. The maximum atomic E-state index is 13.6. The van der Waals surface area contributed by atoms with E-state index < -0.39 is 0 Å². The molecule has 19 heavy (non-hydrogen) atoms. The first-order chi connectivity index (χ1) is 9.10. The molecule has 0 radical (unpaired) electrons. The second-order valence-electron chi connectivity index (χ2n) is 3.78. The van der Waals surface area contributed by atoms with Gasteiger partial charge in [-0.3, -0.25) is 0 Å². The van der Waals surface area contributed by atoms with Gasteiger partial charge >= 0.3 is 0 Å². The van der Waals surface area contributed by atoms with Crippen molar-refractivity contribution in [3.8, 4) is 11.8 Å². The molecule has 0 atom stereocenters. The van der Waals surface area contributed by atoms with Gasteiger partial charge in [0.2, 0.25) is 0 Å². The average Bonchev–Trinajstić information content (AvgIpc) is 2.38. The van der Waals surface area contributed by atoms with Crippen molar-refractivity contribution in [1.29, 1.82) is 5.26 Å². The molecule has 0 N–H and O–H groups in total. The van der Waals surface area contributed by atoms with Crippen LogP contribution in [0, 0.1) is 17.1 Å². The van der Waals surface area contributed by atoms with Crippen molar-refractivity contribution >= 4 is 27.5 Å². The van der Waals surface area contributed by atoms with Gasteiger partial charge in [0.25, 0.3) is 0 Å². The molecule has 0 spiro atoms. The largest absolute Gasteiger partial charge is 0.489 e. The maximum absolute atomic E-state index is 13.6. The van der Waals surface area contributed by atoms with Gasteiger partial charge in [-0.2, -0.15) is 5.26 Å². The van der Waals surface area contributed by atoms with Crippen LogP contribution >= 0.6 is 27.5 Å². The van der Waals surface area contributed by atoms with Gasteiger partial charge in [0.15, 0.2) is 0 Å². The Hall–Kier alpha value is -1.57. The Bertz CT molecular complexity index is 654. The molecule has 0 saturated carbocycles. The van der Waals surface area contributed by atoms with Crippen LogP contribution in [0.3, 0.4) is 0 Å². The van der Waals surface area contributed by atoms with Gasteiger partial charge in [-0.1, -0.05) is 33.6 Å². The summed E-state index contributed by atoms with van der Waals surface area (Å²) in [6.07, 6.45) is 0. The zero-order chi connectivity index (χ0) is 13.8. The summed E-state index contributed by atoms with van der Waals surface area (Å²) in [5.74, 6) is 0.153. The van der Waals surface area contributed by atoms with Gasteiger partial charge in [-0.25, -0.2) is 4.39 Å². The van der Waals surface area contributed by atoms with Gasteiger partial charge in [0.1, 0.15) is 24.2 Å². The molecule has 96 valence electrons. The van der Waals surface area contributed by atoms with E-state index in [1.54, 1.807) is 24.3 Å². The average molecular weight is 341 g/mol. The summed E-state index contributed by atoms with van der Waals surface area (Å²) in [7, 11) is 0. The molecule has 2 aromatic carbocycles. The molecule has 0 unspecified atom stereocenters. The summed E-state index contributed by atoms with van der Waals surface area (Å²) in [5.41, 5.74) is 0.826. The third-order valence-corrected chi connectivity index (χ3v) is 3.28. The minimum atomic E-state index is -0.339. The molecule has 0 aliphatic carbocycles. The van der Waals surface area contributed by atoms with Crippen molar-refractivity contribution in [2.45, 2.75) is 6.61 Å². The van der Waals surface area contributed by atoms with Gasteiger partial charge in [-0.05, 0) is 24.3 Å². The van der Waals surface area contributed by atoms with Crippen LogP contribution in [-0.4, -0.2) is 0 Å². The van der Waals surface area contributed by atoms with Gasteiger partial charge in [-0.15, -0.1) is 0 Å². The van der Waals surface area contributed by atoms with Gasteiger partial charge < -0.3 is 4.74 Å². The third-order valence-electron chi connectivity index (χ3n) is 2.47. The molecule has 2 rings (SSSR count). The van der Waals surface area contributed by atoms with E-state index in [-0.39, 0.29) is 12.4 Å². The molecule has 0 fully saturated rings. The van der Waals surface area contributed by atoms with E-state index in [2.05, 4.69) is 15.9 Å². The first-order valence-corrected chi connectivity index (χ1v) is 6.53. The molecule has 0 aliphatic rings. The zero-order valence-electron chi connectivity index (χ0n) is 9.66. The lowest BCUT2D eigenvalue weighted by atomic mass is 10.2. The first-order valence-electron chi connectivity index (χ1n) is 5.36. The minimum Gasteiger partial charge on any atom is -0.489 e. The quantitative estimate of drug-likeness (QED) is 0.812. The summed E-state index contributed by atoms with van der Waals surface area (Å²) < 4.78 is 19.7.